The van der Waals surface area contributed by atoms with Crippen LogP contribution >= 0.6 is 12.4 Å². The maximum absolute atomic E-state index is 12.2. The number of rotatable bonds is 8. The van der Waals surface area contributed by atoms with Gasteiger partial charge in [0.05, 0.1) is 5.69 Å². The van der Waals surface area contributed by atoms with Crippen molar-refractivity contribution in [2.45, 2.75) is 32.6 Å². The summed E-state index contributed by atoms with van der Waals surface area (Å²) in [6.45, 7) is 7.20. The number of hydrogen-bond donors (Lipinski definition) is 1. The van der Waals surface area contributed by atoms with Crippen LogP contribution in [0.15, 0.2) is 39.5 Å². The molecule has 1 aliphatic rings. The number of nitrogens with one attached hydrogen (secondary N) is 1. The van der Waals surface area contributed by atoms with Gasteiger partial charge in [-0.25, -0.2) is 4.79 Å². The quantitative estimate of drug-likeness (QED) is 0.537. The number of carbonyl (C=O) groups is 1. The zero-order chi connectivity index (χ0) is 19.1. The first kappa shape index (κ1) is 22.2. The van der Waals surface area contributed by atoms with Crippen LogP contribution < -0.4 is 10.9 Å². The Morgan fingerprint density at radius 1 is 1.14 bits per heavy atom. The number of carbonyl (C=O) groups excluding carboxylic acids is 1. The number of fused-ring (bicyclic) bond motifs is 1. The van der Waals surface area contributed by atoms with Crippen LogP contribution in [0.5, 0.6) is 0 Å². The Bertz CT molecular complexity index is 816. The number of nitrogens with zero attached hydrogens (tertiary/aromatic N) is 2. The fraction of sp³-hybridized carbons (Fsp3) is 0.524. The van der Waals surface area contributed by atoms with E-state index in [0.29, 0.717) is 17.9 Å². The van der Waals surface area contributed by atoms with E-state index >= 15 is 0 Å². The topological polar surface area (TPSA) is 65.8 Å². The van der Waals surface area contributed by atoms with Gasteiger partial charge in [0.15, 0.2) is 0 Å². The van der Waals surface area contributed by atoms with Gasteiger partial charge in [0.25, 0.3) is 0 Å². The number of anilines is 1. The summed E-state index contributed by atoms with van der Waals surface area (Å²) in [5.74, 6) is 0.295. The Morgan fingerprint density at radius 3 is 2.64 bits per heavy atom. The average Bonchev–Trinajstić information content (AvgIpc) is 2.68. The van der Waals surface area contributed by atoms with Gasteiger partial charge >= 0.3 is 5.63 Å². The highest BCUT2D eigenvalue weighted by molar-refractivity contribution is 5.89. The molecule has 1 N–H and O–H groups in total. The standard InChI is InChI=1S/C21H29N3O3.ClH/c1-2-3-4-9-20(25)24-14-12-23(13-15-24)11-10-22-18-16-21(26)27-19-8-6-5-7-17(18)19;/h5-8,16,22H,2-4,9-15H2,1H3;1H. The van der Waals surface area contributed by atoms with Gasteiger partial charge in [0, 0.05) is 57.1 Å². The van der Waals surface area contributed by atoms with E-state index in [2.05, 4.69) is 17.1 Å². The van der Waals surface area contributed by atoms with E-state index in [1.807, 2.05) is 23.1 Å². The van der Waals surface area contributed by atoms with Crippen LogP contribution in [0.1, 0.15) is 32.6 Å². The molecule has 6 nitrogen and oxygen atoms in total. The van der Waals surface area contributed by atoms with E-state index in [1.165, 1.54) is 6.07 Å². The predicted molar refractivity (Wildman–Crippen MR) is 115 cm³/mol. The fourth-order valence-electron chi connectivity index (χ4n) is 3.51. The second-order valence-corrected chi connectivity index (χ2v) is 7.08. The summed E-state index contributed by atoms with van der Waals surface area (Å²) < 4.78 is 5.22. The van der Waals surface area contributed by atoms with E-state index in [1.54, 1.807) is 6.07 Å². The van der Waals surface area contributed by atoms with Crippen molar-refractivity contribution in [2.75, 3.05) is 44.6 Å². The van der Waals surface area contributed by atoms with Gasteiger partial charge in [-0.2, -0.15) is 0 Å². The molecule has 0 spiro atoms. The smallest absolute Gasteiger partial charge is 0.338 e. The number of benzene rings is 1. The molecule has 7 heteroatoms. The molecule has 2 aromatic rings. The third kappa shape index (κ3) is 5.97. The highest BCUT2D eigenvalue weighted by Gasteiger charge is 2.20. The van der Waals surface area contributed by atoms with Gasteiger partial charge in [0.2, 0.25) is 5.91 Å². The number of hydrogen-bond acceptors (Lipinski definition) is 5. The zero-order valence-corrected chi connectivity index (χ0v) is 17.3. The molecule has 0 atom stereocenters. The van der Waals surface area contributed by atoms with Crippen molar-refractivity contribution in [3.63, 3.8) is 0 Å². The summed E-state index contributed by atoms with van der Waals surface area (Å²) in [6.07, 6.45) is 3.95. The molecule has 1 amide bonds. The minimum absolute atomic E-state index is 0. The van der Waals surface area contributed by atoms with E-state index in [-0.39, 0.29) is 18.0 Å². The molecule has 2 heterocycles. The van der Waals surface area contributed by atoms with Gasteiger partial charge in [0.1, 0.15) is 5.58 Å². The Morgan fingerprint density at radius 2 is 1.89 bits per heavy atom. The Labute approximate surface area is 172 Å². The molecule has 0 radical (unpaired) electrons. The van der Waals surface area contributed by atoms with Crippen LogP contribution in [0.4, 0.5) is 5.69 Å². The maximum atomic E-state index is 12.2. The van der Waals surface area contributed by atoms with Crippen LogP contribution in [0.25, 0.3) is 11.0 Å². The normalized spacial score (nSPS) is 14.7. The first-order chi connectivity index (χ1) is 13.2. The summed E-state index contributed by atoms with van der Waals surface area (Å²) in [5.41, 5.74) is 1.07. The number of para-hydroxylation sites is 1. The minimum Gasteiger partial charge on any atom is -0.423 e. The van der Waals surface area contributed by atoms with Crippen LogP contribution in [-0.4, -0.2) is 55.0 Å². The second kappa shape index (κ2) is 11.1. The van der Waals surface area contributed by atoms with E-state index < -0.39 is 0 Å². The summed E-state index contributed by atoms with van der Waals surface area (Å²) >= 11 is 0. The first-order valence-corrected chi connectivity index (χ1v) is 9.94. The van der Waals surface area contributed by atoms with Gasteiger partial charge in [-0.1, -0.05) is 31.9 Å². The highest BCUT2D eigenvalue weighted by Crippen LogP contribution is 2.20. The van der Waals surface area contributed by atoms with Gasteiger partial charge < -0.3 is 14.6 Å². The highest BCUT2D eigenvalue weighted by atomic mass is 35.5. The molecule has 3 rings (SSSR count). The number of halogens is 1. The molecule has 1 aliphatic heterocycles. The lowest BCUT2D eigenvalue weighted by Crippen LogP contribution is -2.49. The van der Waals surface area contributed by atoms with Crippen molar-refractivity contribution < 1.29 is 9.21 Å². The summed E-state index contributed by atoms with van der Waals surface area (Å²) in [5, 5.41) is 4.28. The van der Waals surface area contributed by atoms with E-state index in [4.69, 9.17) is 4.42 Å². The number of unbranched alkanes of at least 4 members (excludes halogenated alkanes) is 2. The lowest BCUT2D eigenvalue weighted by molar-refractivity contribution is -0.133. The van der Waals surface area contributed by atoms with Crippen molar-refractivity contribution in [3.8, 4) is 0 Å². The zero-order valence-electron chi connectivity index (χ0n) is 16.5. The third-order valence-electron chi connectivity index (χ3n) is 5.11. The summed E-state index contributed by atoms with van der Waals surface area (Å²) in [4.78, 5) is 28.3. The SMILES string of the molecule is CCCCCC(=O)N1CCN(CCNc2cc(=O)oc3ccccc23)CC1.Cl. The predicted octanol–water partition coefficient (Wildman–Crippen LogP) is 3.35. The molecule has 0 unspecified atom stereocenters. The Hall–Kier alpha value is -2.05. The molecule has 0 bridgehead atoms. The van der Waals surface area contributed by atoms with Crippen molar-refractivity contribution in [1.29, 1.82) is 0 Å². The first-order valence-electron chi connectivity index (χ1n) is 9.94. The van der Waals surface area contributed by atoms with Gasteiger partial charge in [-0.15, -0.1) is 12.4 Å². The molecule has 28 heavy (non-hydrogen) atoms. The van der Waals surface area contributed by atoms with Crippen LogP contribution in [0, 0.1) is 0 Å². The fourth-order valence-corrected chi connectivity index (χ4v) is 3.51. The monoisotopic (exact) mass is 407 g/mol. The summed E-state index contributed by atoms with van der Waals surface area (Å²) in [6, 6.07) is 9.06. The molecule has 1 aromatic heterocycles. The van der Waals surface area contributed by atoms with E-state index in [0.717, 1.165) is 69.6 Å². The Kier molecular flexibility index (Phi) is 8.80. The molecular formula is C21H30ClN3O3. The molecule has 154 valence electrons. The molecule has 0 aliphatic carbocycles. The van der Waals surface area contributed by atoms with Crippen molar-refractivity contribution in [2.24, 2.45) is 0 Å². The third-order valence-corrected chi connectivity index (χ3v) is 5.11. The molecule has 1 saturated heterocycles. The number of amides is 1. The van der Waals surface area contributed by atoms with Crippen molar-refractivity contribution in [1.82, 2.24) is 9.80 Å². The molecule has 1 fully saturated rings. The Balaban J connectivity index is 0.00000280. The van der Waals surface area contributed by atoms with Gasteiger partial charge in [-0.3, -0.25) is 9.69 Å². The van der Waals surface area contributed by atoms with Crippen molar-refractivity contribution >= 4 is 35.0 Å². The van der Waals surface area contributed by atoms with Gasteiger partial charge in [-0.05, 0) is 18.6 Å². The average molecular weight is 408 g/mol. The van der Waals surface area contributed by atoms with Crippen molar-refractivity contribution in [3.05, 3.63) is 40.8 Å². The van der Waals surface area contributed by atoms with E-state index in [9.17, 15) is 9.59 Å². The maximum Gasteiger partial charge on any atom is 0.338 e. The van der Waals surface area contributed by atoms with Crippen LogP contribution in [0.3, 0.4) is 0 Å². The molecular weight excluding hydrogens is 378 g/mol. The lowest BCUT2D eigenvalue weighted by Gasteiger charge is -2.35. The number of piperazine rings is 1. The molecule has 0 saturated carbocycles. The largest absolute Gasteiger partial charge is 0.423 e. The molecule has 1 aromatic carbocycles. The summed E-state index contributed by atoms with van der Waals surface area (Å²) in [7, 11) is 0. The minimum atomic E-state index is -0.341. The second-order valence-electron chi connectivity index (χ2n) is 7.08. The van der Waals surface area contributed by atoms with Crippen LogP contribution in [-0.2, 0) is 4.79 Å². The van der Waals surface area contributed by atoms with Crippen LogP contribution in [0.2, 0.25) is 0 Å². The lowest BCUT2D eigenvalue weighted by atomic mass is 10.2.